The van der Waals surface area contributed by atoms with Gasteiger partial charge >= 0.3 is 6.03 Å². The molecular formula is C28H25ClN4O2. The number of nitrogens with zero attached hydrogens (tertiary/aromatic N) is 3. The summed E-state index contributed by atoms with van der Waals surface area (Å²) in [5.41, 5.74) is 6.27. The lowest BCUT2D eigenvalue weighted by Crippen LogP contribution is -2.46. The van der Waals surface area contributed by atoms with Gasteiger partial charge in [-0.25, -0.2) is 4.79 Å². The Hall–Kier alpha value is -3.90. The van der Waals surface area contributed by atoms with E-state index in [0.717, 1.165) is 40.1 Å². The zero-order chi connectivity index (χ0) is 24.5. The Morgan fingerprint density at radius 2 is 1.77 bits per heavy atom. The van der Waals surface area contributed by atoms with Crippen LogP contribution < -0.4 is 10.2 Å². The zero-order valence-corrected chi connectivity index (χ0v) is 20.5. The van der Waals surface area contributed by atoms with Gasteiger partial charge in [-0.05, 0) is 55.7 Å². The SMILES string of the molecule is CCc1ccc(N2C(=O)NC(c3ccc(C)cc3)C(c3nc(-c4cccc(Cl)c4)no3)=C2C)cc1. The van der Waals surface area contributed by atoms with Crippen LogP contribution in [-0.4, -0.2) is 16.2 Å². The fraction of sp³-hybridized carbons (Fsp3) is 0.179. The molecule has 35 heavy (non-hydrogen) atoms. The molecule has 1 aliphatic rings. The Labute approximate surface area is 209 Å². The van der Waals surface area contributed by atoms with Crippen LogP contribution in [0.3, 0.4) is 0 Å². The Balaban J connectivity index is 1.64. The van der Waals surface area contributed by atoms with Gasteiger partial charge in [-0.1, -0.05) is 77.8 Å². The topological polar surface area (TPSA) is 71.3 Å². The standard InChI is InChI=1S/C28H25ClN4O2/c1-4-19-10-14-23(15-11-19)33-18(3)24(25(30-28(33)34)20-12-8-17(2)9-13-20)27-31-26(32-35-27)21-6-5-7-22(29)16-21/h5-16,25H,4H2,1-3H3,(H,30,34). The third kappa shape index (κ3) is 4.45. The van der Waals surface area contributed by atoms with Gasteiger partial charge < -0.3 is 9.84 Å². The average Bonchev–Trinajstić information content (AvgIpc) is 3.34. The van der Waals surface area contributed by atoms with Crippen LogP contribution in [0.25, 0.3) is 17.0 Å². The van der Waals surface area contributed by atoms with Crippen LogP contribution in [0.5, 0.6) is 0 Å². The lowest BCUT2D eigenvalue weighted by molar-refractivity contribution is 0.244. The van der Waals surface area contributed by atoms with E-state index in [1.807, 2.05) is 74.5 Å². The second-order valence-electron chi connectivity index (χ2n) is 8.58. The second kappa shape index (κ2) is 9.39. The molecule has 1 N–H and O–H groups in total. The number of hydrogen-bond acceptors (Lipinski definition) is 4. The van der Waals surface area contributed by atoms with Gasteiger partial charge in [0.2, 0.25) is 5.82 Å². The number of rotatable bonds is 5. The predicted octanol–water partition coefficient (Wildman–Crippen LogP) is 6.96. The van der Waals surface area contributed by atoms with Gasteiger partial charge in [0.25, 0.3) is 5.89 Å². The van der Waals surface area contributed by atoms with Crippen LogP contribution in [0.1, 0.15) is 42.5 Å². The highest BCUT2D eigenvalue weighted by Crippen LogP contribution is 2.39. The average molecular weight is 485 g/mol. The number of nitrogens with one attached hydrogen (secondary N) is 1. The molecule has 0 fully saturated rings. The van der Waals surface area contributed by atoms with Crippen molar-refractivity contribution in [1.29, 1.82) is 0 Å². The molecule has 2 heterocycles. The molecule has 2 amide bonds. The summed E-state index contributed by atoms with van der Waals surface area (Å²) in [6.07, 6.45) is 0.927. The molecule has 0 saturated heterocycles. The maximum absolute atomic E-state index is 13.4. The van der Waals surface area contributed by atoms with E-state index in [9.17, 15) is 4.79 Å². The monoisotopic (exact) mass is 484 g/mol. The number of carbonyl (C=O) groups is 1. The number of urea groups is 1. The number of hydrogen-bond donors (Lipinski definition) is 1. The highest BCUT2D eigenvalue weighted by atomic mass is 35.5. The summed E-state index contributed by atoms with van der Waals surface area (Å²) in [4.78, 5) is 19.7. The van der Waals surface area contributed by atoms with E-state index in [0.29, 0.717) is 16.7 Å². The summed E-state index contributed by atoms with van der Waals surface area (Å²) in [5.74, 6) is 0.777. The molecule has 0 spiro atoms. The Kier molecular flexibility index (Phi) is 6.14. The highest BCUT2D eigenvalue weighted by molar-refractivity contribution is 6.30. The van der Waals surface area contributed by atoms with Gasteiger partial charge in [0.15, 0.2) is 0 Å². The normalized spacial score (nSPS) is 15.9. The lowest BCUT2D eigenvalue weighted by Gasteiger charge is -2.35. The van der Waals surface area contributed by atoms with Crippen molar-refractivity contribution in [2.75, 3.05) is 4.90 Å². The van der Waals surface area contributed by atoms with Crippen molar-refractivity contribution in [3.63, 3.8) is 0 Å². The number of halogens is 1. The van der Waals surface area contributed by atoms with E-state index in [1.165, 1.54) is 5.56 Å². The van der Waals surface area contributed by atoms with Crippen LogP contribution in [0.15, 0.2) is 83.0 Å². The lowest BCUT2D eigenvalue weighted by atomic mass is 9.94. The van der Waals surface area contributed by atoms with Gasteiger partial charge in [0.05, 0.1) is 17.3 Å². The summed E-state index contributed by atoms with van der Waals surface area (Å²) >= 11 is 6.16. The van der Waals surface area contributed by atoms with Crippen LogP contribution in [0.2, 0.25) is 5.02 Å². The highest BCUT2D eigenvalue weighted by Gasteiger charge is 2.36. The number of amides is 2. The van der Waals surface area contributed by atoms with Gasteiger partial charge in [-0.2, -0.15) is 4.98 Å². The van der Waals surface area contributed by atoms with Gasteiger partial charge in [-0.3, -0.25) is 4.90 Å². The van der Waals surface area contributed by atoms with Crippen LogP contribution in [0.4, 0.5) is 10.5 Å². The van der Waals surface area contributed by atoms with Gasteiger partial charge in [0, 0.05) is 16.3 Å². The summed E-state index contributed by atoms with van der Waals surface area (Å²) in [6.45, 7) is 6.04. The molecule has 6 nitrogen and oxygen atoms in total. The van der Waals surface area contributed by atoms with E-state index in [2.05, 4.69) is 17.4 Å². The van der Waals surface area contributed by atoms with E-state index in [-0.39, 0.29) is 6.03 Å². The van der Waals surface area contributed by atoms with Gasteiger partial charge in [-0.15, -0.1) is 0 Å². The number of allylic oxidation sites excluding steroid dienone is 1. The first kappa shape index (κ1) is 22.9. The van der Waals surface area contributed by atoms with Crippen molar-refractivity contribution in [2.45, 2.75) is 33.2 Å². The fourth-order valence-corrected chi connectivity index (χ4v) is 4.49. The van der Waals surface area contributed by atoms with E-state index < -0.39 is 6.04 Å². The number of aryl methyl sites for hydroxylation is 2. The third-order valence-electron chi connectivity index (χ3n) is 6.24. The maximum Gasteiger partial charge on any atom is 0.326 e. The van der Waals surface area contributed by atoms with E-state index in [4.69, 9.17) is 21.1 Å². The Morgan fingerprint density at radius 1 is 1.03 bits per heavy atom. The number of benzene rings is 3. The maximum atomic E-state index is 13.4. The number of anilines is 1. The molecule has 5 rings (SSSR count). The number of carbonyl (C=O) groups excluding carboxylic acids is 1. The zero-order valence-electron chi connectivity index (χ0n) is 19.7. The van der Waals surface area contributed by atoms with Crippen LogP contribution >= 0.6 is 11.6 Å². The first-order chi connectivity index (χ1) is 16.9. The van der Waals surface area contributed by atoms with Gasteiger partial charge in [0.1, 0.15) is 0 Å². The van der Waals surface area contributed by atoms with E-state index in [1.54, 1.807) is 17.0 Å². The minimum Gasteiger partial charge on any atom is -0.334 e. The predicted molar refractivity (Wildman–Crippen MR) is 138 cm³/mol. The number of aromatic nitrogens is 2. The Bertz CT molecular complexity index is 1410. The first-order valence-electron chi connectivity index (χ1n) is 11.5. The minimum atomic E-state index is -0.443. The molecule has 0 radical (unpaired) electrons. The smallest absolute Gasteiger partial charge is 0.326 e. The summed E-state index contributed by atoms with van der Waals surface area (Å²) in [5, 5.41) is 7.95. The second-order valence-corrected chi connectivity index (χ2v) is 9.02. The molecule has 3 aromatic carbocycles. The van der Waals surface area contributed by atoms with Crippen molar-refractivity contribution in [3.05, 3.63) is 106 Å². The van der Waals surface area contributed by atoms with Crippen molar-refractivity contribution in [3.8, 4) is 11.4 Å². The summed E-state index contributed by atoms with van der Waals surface area (Å²) in [6, 6.07) is 22.7. The molecular weight excluding hydrogens is 460 g/mol. The molecule has 1 aliphatic heterocycles. The molecule has 0 aliphatic carbocycles. The first-order valence-corrected chi connectivity index (χ1v) is 11.9. The van der Waals surface area contributed by atoms with Crippen molar-refractivity contribution in [1.82, 2.24) is 15.5 Å². The molecule has 1 aromatic heterocycles. The largest absolute Gasteiger partial charge is 0.334 e. The van der Waals surface area contributed by atoms with Crippen LogP contribution in [-0.2, 0) is 6.42 Å². The fourth-order valence-electron chi connectivity index (χ4n) is 4.30. The quantitative estimate of drug-likeness (QED) is 0.332. The van der Waals surface area contributed by atoms with Crippen molar-refractivity contribution in [2.24, 2.45) is 0 Å². The van der Waals surface area contributed by atoms with Crippen molar-refractivity contribution < 1.29 is 9.32 Å². The molecule has 0 bridgehead atoms. The molecule has 4 aromatic rings. The molecule has 1 atom stereocenters. The molecule has 7 heteroatoms. The summed E-state index contributed by atoms with van der Waals surface area (Å²) < 4.78 is 5.76. The van der Waals surface area contributed by atoms with Crippen molar-refractivity contribution >= 4 is 28.9 Å². The Morgan fingerprint density at radius 3 is 2.46 bits per heavy atom. The summed E-state index contributed by atoms with van der Waals surface area (Å²) in [7, 11) is 0. The minimum absolute atomic E-state index is 0.212. The molecule has 1 unspecified atom stereocenters. The molecule has 0 saturated carbocycles. The molecule has 176 valence electrons. The third-order valence-corrected chi connectivity index (χ3v) is 6.47. The van der Waals surface area contributed by atoms with E-state index >= 15 is 0 Å². The van der Waals surface area contributed by atoms with Crippen LogP contribution in [0, 0.1) is 6.92 Å².